The maximum atomic E-state index is 15.0. The average molecular weight is 438 g/mol. The molecule has 1 heterocycles. The number of hydrogen-bond donors (Lipinski definition) is 1. The summed E-state index contributed by atoms with van der Waals surface area (Å²) in [7, 11) is 0. The number of allylic oxidation sites excluding steroid dienone is 3. The van der Waals surface area contributed by atoms with E-state index in [1.165, 1.54) is 30.5 Å². The molecule has 2 atom stereocenters. The predicted octanol–water partition coefficient (Wildman–Crippen LogP) is 6.79. The van der Waals surface area contributed by atoms with Gasteiger partial charge in [0.15, 0.2) is 5.78 Å². The number of ketones is 1. The van der Waals surface area contributed by atoms with Crippen LogP contribution in [0.5, 0.6) is 0 Å². The van der Waals surface area contributed by atoms with E-state index in [1.807, 2.05) is 6.08 Å². The second-order valence-electron chi connectivity index (χ2n) is 9.39. The summed E-state index contributed by atoms with van der Waals surface area (Å²) in [6.07, 6.45) is 5.99. The number of nitrogens with one attached hydrogen (secondary N) is 1. The number of anilines is 1. The zero-order chi connectivity index (χ0) is 22.5. The topological polar surface area (TPSA) is 42.0 Å². The van der Waals surface area contributed by atoms with Crippen LogP contribution in [0.3, 0.4) is 0 Å². The van der Waals surface area contributed by atoms with Crippen molar-refractivity contribution in [2.45, 2.75) is 51.4 Å². The SMILES string of the molecule is C[C@H]1CCC2=CC(Nc3ccc(F)cc3)=C3CCC(F)(F)c4ccnc(c4)C(=O)[C@@]2(C3)C1. The van der Waals surface area contributed by atoms with Crippen LogP contribution in [-0.2, 0) is 5.92 Å². The third-order valence-corrected chi connectivity index (χ3v) is 7.15. The molecule has 32 heavy (non-hydrogen) atoms. The minimum atomic E-state index is -3.06. The molecule has 1 aromatic carbocycles. The molecule has 5 rings (SSSR count). The van der Waals surface area contributed by atoms with Gasteiger partial charge in [0.2, 0.25) is 0 Å². The van der Waals surface area contributed by atoms with Gasteiger partial charge in [0, 0.05) is 29.6 Å². The number of aromatic nitrogens is 1. The molecule has 0 aliphatic heterocycles. The highest BCUT2D eigenvalue weighted by Gasteiger charge is 2.49. The quantitative estimate of drug-likeness (QED) is 0.561. The molecule has 3 nitrogen and oxygen atoms in total. The van der Waals surface area contributed by atoms with Crippen molar-refractivity contribution in [3.05, 3.63) is 82.6 Å². The average Bonchev–Trinajstić information content (AvgIpc) is 2.78. The molecule has 3 aliphatic rings. The minimum absolute atomic E-state index is 0.123. The first-order valence-corrected chi connectivity index (χ1v) is 11.1. The van der Waals surface area contributed by atoms with E-state index in [1.54, 1.807) is 12.1 Å². The first kappa shape index (κ1) is 21.0. The molecule has 2 aromatic rings. The molecule has 0 saturated heterocycles. The van der Waals surface area contributed by atoms with Crippen LogP contribution in [0.4, 0.5) is 18.9 Å². The molecule has 0 amide bonds. The van der Waals surface area contributed by atoms with Crippen LogP contribution in [-0.4, -0.2) is 10.8 Å². The van der Waals surface area contributed by atoms with E-state index in [4.69, 9.17) is 0 Å². The fourth-order valence-corrected chi connectivity index (χ4v) is 5.44. The summed E-state index contributed by atoms with van der Waals surface area (Å²) >= 11 is 0. The van der Waals surface area contributed by atoms with Crippen LogP contribution < -0.4 is 5.32 Å². The molecule has 1 fully saturated rings. The van der Waals surface area contributed by atoms with Gasteiger partial charge >= 0.3 is 0 Å². The van der Waals surface area contributed by atoms with Crippen LogP contribution in [0, 0.1) is 17.2 Å². The normalized spacial score (nSPS) is 26.8. The highest BCUT2D eigenvalue weighted by molar-refractivity contribution is 6.02. The number of alkyl halides is 2. The number of pyridine rings is 1. The van der Waals surface area contributed by atoms with Gasteiger partial charge in [0.05, 0.1) is 5.41 Å². The lowest BCUT2D eigenvalue weighted by Gasteiger charge is -2.45. The molecule has 1 spiro atoms. The monoisotopic (exact) mass is 438 g/mol. The van der Waals surface area contributed by atoms with Crippen LogP contribution in [0.2, 0.25) is 0 Å². The Bertz CT molecular complexity index is 1140. The van der Waals surface area contributed by atoms with Gasteiger partial charge in [0.25, 0.3) is 5.92 Å². The van der Waals surface area contributed by atoms with E-state index in [9.17, 15) is 18.0 Å². The number of carbonyl (C=O) groups excluding carboxylic acids is 1. The number of halogens is 3. The van der Waals surface area contributed by atoms with E-state index in [0.29, 0.717) is 24.4 Å². The zero-order valence-electron chi connectivity index (χ0n) is 17.9. The lowest BCUT2D eigenvalue weighted by Crippen LogP contribution is -2.41. The molecular formula is C26H25F3N2O. The lowest BCUT2D eigenvalue weighted by atomic mass is 9.58. The Hall–Kier alpha value is -2.89. The maximum Gasteiger partial charge on any atom is 0.273 e. The molecule has 1 saturated carbocycles. The number of carbonyl (C=O) groups is 1. The van der Waals surface area contributed by atoms with Gasteiger partial charge < -0.3 is 5.32 Å². The van der Waals surface area contributed by atoms with Crippen molar-refractivity contribution in [3.63, 3.8) is 0 Å². The van der Waals surface area contributed by atoms with E-state index in [0.717, 1.165) is 29.7 Å². The first-order valence-electron chi connectivity index (χ1n) is 11.1. The predicted molar refractivity (Wildman–Crippen MR) is 117 cm³/mol. The number of nitrogens with zero attached hydrogens (tertiary/aromatic N) is 1. The smallest absolute Gasteiger partial charge is 0.273 e. The van der Waals surface area contributed by atoms with Crippen molar-refractivity contribution in [1.82, 2.24) is 4.98 Å². The summed E-state index contributed by atoms with van der Waals surface area (Å²) in [5, 5.41) is 3.30. The van der Waals surface area contributed by atoms with Crippen LogP contribution >= 0.6 is 0 Å². The standard InChI is InChI=1S/C26H25F3N2O/c1-16-2-3-18-12-22(31-21-6-4-20(27)5-7-21)17-8-10-26(28,29)19-9-11-30-23(13-19)24(32)25(18,14-16)15-17/h4-7,9,11-13,16,31H,2-3,8,10,14-15H2,1H3/t16-,25+/m0/s1. The van der Waals surface area contributed by atoms with Gasteiger partial charge in [-0.2, -0.15) is 0 Å². The van der Waals surface area contributed by atoms with Crippen molar-refractivity contribution in [2.75, 3.05) is 5.32 Å². The van der Waals surface area contributed by atoms with E-state index in [-0.39, 0.29) is 35.7 Å². The summed E-state index contributed by atoms with van der Waals surface area (Å²) in [4.78, 5) is 18.0. The fourth-order valence-electron chi connectivity index (χ4n) is 5.44. The Balaban J connectivity index is 1.64. The largest absolute Gasteiger partial charge is 0.356 e. The van der Waals surface area contributed by atoms with Crippen molar-refractivity contribution < 1.29 is 18.0 Å². The van der Waals surface area contributed by atoms with Gasteiger partial charge in [-0.05, 0) is 86.1 Å². The van der Waals surface area contributed by atoms with Crippen LogP contribution in [0.1, 0.15) is 61.5 Å². The summed E-state index contributed by atoms with van der Waals surface area (Å²) in [6, 6.07) is 8.56. The molecule has 4 bridgehead atoms. The molecule has 1 aromatic heterocycles. The molecular weight excluding hydrogens is 413 g/mol. The fraction of sp³-hybridized carbons (Fsp3) is 0.385. The third-order valence-electron chi connectivity index (χ3n) is 7.15. The highest BCUT2D eigenvalue weighted by Crippen LogP contribution is 2.54. The van der Waals surface area contributed by atoms with Crippen molar-refractivity contribution >= 4 is 11.5 Å². The molecule has 0 radical (unpaired) electrons. The lowest BCUT2D eigenvalue weighted by molar-refractivity contribution is -0.0139. The Labute approximate surface area is 185 Å². The van der Waals surface area contributed by atoms with Crippen molar-refractivity contribution in [2.24, 2.45) is 11.3 Å². The number of fused-ring (bicyclic) bond motifs is 3. The molecule has 166 valence electrons. The summed E-state index contributed by atoms with van der Waals surface area (Å²) in [6.45, 7) is 2.14. The number of hydrogen-bond acceptors (Lipinski definition) is 3. The summed E-state index contributed by atoms with van der Waals surface area (Å²) in [5.41, 5.74) is 2.51. The second-order valence-corrected chi connectivity index (χ2v) is 9.39. The van der Waals surface area contributed by atoms with Gasteiger partial charge in [-0.3, -0.25) is 9.78 Å². The van der Waals surface area contributed by atoms with Gasteiger partial charge in [-0.25, -0.2) is 13.2 Å². The van der Waals surface area contributed by atoms with E-state index in [2.05, 4.69) is 17.2 Å². The summed E-state index contributed by atoms with van der Waals surface area (Å²) in [5.74, 6) is -3.20. The van der Waals surface area contributed by atoms with Gasteiger partial charge in [-0.15, -0.1) is 0 Å². The Morgan fingerprint density at radius 2 is 1.91 bits per heavy atom. The van der Waals surface area contributed by atoms with Gasteiger partial charge in [0.1, 0.15) is 11.5 Å². The Morgan fingerprint density at radius 3 is 2.69 bits per heavy atom. The van der Waals surface area contributed by atoms with Crippen molar-refractivity contribution in [3.8, 4) is 0 Å². The third kappa shape index (κ3) is 3.55. The van der Waals surface area contributed by atoms with E-state index < -0.39 is 11.3 Å². The molecule has 0 unspecified atom stereocenters. The molecule has 3 aliphatic carbocycles. The highest BCUT2D eigenvalue weighted by atomic mass is 19.3. The summed E-state index contributed by atoms with van der Waals surface area (Å²) < 4.78 is 43.3. The number of benzene rings is 1. The Kier molecular flexibility index (Phi) is 4.99. The van der Waals surface area contributed by atoms with Crippen molar-refractivity contribution in [1.29, 1.82) is 0 Å². The van der Waals surface area contributed by atoms with Crippen LogP contribution in [0.15, 0.2) is 65.5 Å². The van der Waals surface area contributed by atoms with Gasteiger partial charge in [-0.1, -0.05) is 12.5 Å². The molecule has 6 heteroatoms. The first-order chi connectivity index (χ1) is 15.3. The maximum absolute atomic E-state index is 15.0. The number of rotatable bonds is 2. The van der Waals surface area contributed by atoms with Crippen LogP contribution in [0.25, 0.3) is 0 Å². The molecule has 1 N–H and O–H groups in total. The Morgan fingerprint density at radius 1 is 1.12 bits per heavy atom. The second kappa shape index (κ2) is 7.61. The van der Waals surface area contributed by atoms with E-state index >= 15 is 0 Å². The number of Topliss-reactive ketones (excluding diaryl/α,β-unsaturated/α-hetero) is 1. The zero-order valence-corrected chi connectivity index (χ0v) is 17.9. The minimum Gasteiger partial charge on any atom is -0.356 e.